The van der Waals surface area contributed by atoms with Crippen LogP contribution in [0.25, 0.3) is 0 Å². The normalized spacial score (nSPS) is 34.3. The van der Waals surface area contributed by atoms with Crippen LogP contribution in [0.4, 0.5) is 0 Å². The smallest absolute Gasteiger partial charge is 0.0525 e. The van der Waals surface area contributed by atoms with Gasteiger partial charge in [-0.15, -0.1) is 0 Å². The van der Waals surface area contributed by atoms with Crippen molar-refractivity contribution in [1.82, 2.24) is 5.32 Å². The van der Waals surface area contributed by atoms with Gasteiger partial charge in [0, 0.05) is 12.3 Å². The molecule has 2 nitrogen and oxygen atoms in total. The summed E-state index contributed by atoms with van der Waals surface area (Å²) in [6.07, 6.45) is 0. The third kappa shape index (κ3) is 0.786. The molecule has 1 aliphatic rings. The monoisotopic (exact) mass is 104 g/mol. The largest absolute Gasteiger partial charge is 0.306 e. The number of hydrogen-bond acceptors (Lipinski definition) is 2. The van der Waals surface area contributed by atoms with E-state index in [2.05, 4.69) is 5.32 Å². The fourth-order valence-electron chi connectivity index (χ4n) is 0.463. The molecule has 0 bridgehead atoms. The second kappa shape index (κ2) is 1.71. The Kier molecular flexibility index (Phi) is 1.22. The van der Waals surface area contributed by atoms with Crippen molar-refractivity contribution in [2.24, 2.45) is 0 Å². The highest BCUT2D eigenvalue weighted by molar-refractivity contribution is 7.86. The topological polar surface area (TPSA) is 35.9 Å². The molecule has 0 saturated carbocycles. The zero-order valence-electron chi connectivity index (χ0n) is 3.53. The number of hydrogen-bond donors (Lipinski definition) is 2. The van der Waals surface area contributed by atoms with Crippen molar-refractivity contribution >= 4 is 10.7 Å². The summed E-state index contributed by atoms with van der Waals surface area (Å²) in [5.74, 6) is 2.00. The lowest BCUT2D eigenvalue weighted by Gasteiger charge is -1.80. The SMILES string of the molecule is N=S1CCNC1. The van der Waals surface area contributed by atoms with Gasteiger partial charge < -0.3 is 5.32 Å². The van der Waals surface area contributed by atoms with Crippen LogP contribution in [0.3, 0.4) is 0 Å². The van der Waals surface area contributed by atoms with Crippen molar-refractivity contribution in [3.05, 3.63) is 0 Å². The molecule has 0 radical (unpaired) electrons. The molecule has 1 aliphatic heterocycles. The van der Waals surface area contributed by atoms with Crippen LogP contribution in [0.1, 0.15) is 0 Å². The third-order valence-corrected chi connectivity index (χ3v) is 2.05. The average Bonchev–Trinajstić information content (AvgIpc) is 1.86. The van der Waals surface area contributed by atoms with Crippen molar-refractivity contribution in [3.63, 3.8) is 0 Å². The fraction of sp³-hybridized carbons (Fsp3) is 1.00. The molecule has 0 aromatic rings. The average molecular weight is 104 g/mol. The summed E-state index contributed by atoms with van der Waals surface area (Å²) in [4.78, 5) is 0. The van der Waals surface area contributed by atoms with Gasteiger partial charge in [-0.25, -0.2) is 0 Å². The lowest BCUT2D eigenvalue weighted by atomic mass is 10.8. The minimum atomic E-state index is -0.0340. The van der Waals surface area contributed by atoms with E-state index in [-0.39, 0.29) is 10.7 Å². The Labute approximate surface area is 39.8 Å². The van der Waals surface area contributed by atoms with E-state index in [0.29, 0.717) is 0 Å². The first-order chi connectivity index (χ1) is 2.89. The highest BCUT2D eigenvalue weighted by atomic mass is 32.2. The van der Waals surface area contributed by atoms with Crippen molar-refractivity contribution < 1.29 is 0 Å². The Morgan fingerprint density at radius 3 is 2.67 bits per heavy atom. The molecular formula is C3H8N2S. The lowest BCUT2D eigenvalue weighted by molar-refractivity contribution is 0.885. The molecule has 1 unspecified atom stereocenters. The standard InChI is InChI=1S/C3H8N2S/c4-6-2-1-5-3-6/h4-5H,1-3H2. The Bertz CT molecular complexity index is 63.2. The van der Waals surface area contributed by atoms with Crippen LogP contribution < -0.4 is 5.32 Å². The van der Waals surface area contributed by atoms with Gasteiger partial charge >= 0.3 is 0 Å². The van der Waals surface area contributed by atoms with E-state index in [1.54, 1.807) is 0 Å². The zero-order valence-corrected chi connectivity index (χ0v) is 4.35. The summed E-state index contributed by atoms with van der Waals surface area (Å²) >= 11 is 0. The molecule has 36 valence electrons. The van der Waals surface area contributed by atoms with Crippen molar-refractivity contribution in [2.45, 2.75) is 0 Å². The summed E-state index contributed by atoms with van der Waals surface area (Å²) in [5.41, 5.74) is 0. The summed E-state index contributed by atoms with van der Waals surface area (Å²) in [6.45, 7) is 1.06. The molecule has 3 heteroatoms. The van der Waals surface area contributed by atoms with Gasteiger partial charge in [0.05, 0.1) is 5.88 Å². The van der Waals surface area contributed by atoms with Gasteiger partial charge in [-0.1, -0.05) is 10.7 Å². The molecule has 1 heterocycles. The number of rotatable bonds is 0. The highest BCUT2D eigenvalue weighted by Crippen LogP contribution is 1.85. The first kappa shape index (κ1) is 4.27. The second-order valence-electron chi connectivity index (χ2n) is 1.34. The van der Waals surface area contributed by atoms with Gasteiger partial charge in [-0.05, 0) is 0 Å². The Hall–Kier alpha value is 0.110. The van der Waals surface area contributed by atoms with Crippen LogP contribution in [0.5, 0.6) is 0 Å². The van der Waals surface area contributed by atoms with E-state index in [9.17, 15) is 0 Å². The summed E-state index contributed by atoms with van der Waals surface area (Å²) in [5, 5.41) is 3.10. The van der Waals surface area contributed by atoms with E-state index in [0.717, 1.165) is 18.2 Å². The van der Waals surface area contributed by atoms with Crippen LogP contribution in [0.2, 0.25) is 0 Å². The second-order valence-corrected chi connectivity index (χ2v) is 3.02. The first-order valence-electron chi connectivity index (χ1n) is 1.99. The van der Waals surface area contributed by atoms with Crippen LogP contribution in [-0.4, -0.2) is 18.2 Å². The van der Waals surface area contributed by atoms with Gasteiger partial charge in [-0.3, -0.25) is 4.78 Å². The predicted molar refractivity (Wildman–Crippen MR) is 27.8 cm³/mol. The fourth-order valence-corrected chi connectivity index (χ4v) is 1.39. The van der Waals surface area contributed by atoms with E-state index < -0.39 is 0 Å². The van der Waals surface area contributed by atoms with Crippen LogP contribution in [-0.2, 0) is 10.7 Å². The molecule has 0 spiro atoms. The van der Waals surface area contributed by atoms with E-state index in [4.69, 9.17) is 4.78 Å². The van der Waals surface area contributed by atoms with Crippen LogP contribution in [0.15, 0.2) is 0 Å². The molecule has 0 aromatic carbocycles. The maximum atomic E-state index is 7.10. The van der Waals surface area contributed by atoms with Gasteiger partial charge in [0.1, 0.15) is 0 Å². The molecular weight excluding hydrogens is 96.1 g/mol. The van der Waals surface area contributed by atoms with Gasteiger partial charge in [0.2, 0.25) is 0 Å². The zero-order chi connectivity index (χ0) is 4.41. The Morgan fingerprint density at radius 2 is 2.50 bits per heavy atom. The number of nitrogens with one attached hydrogen (secondary N) is 2. The summed E-state index contributed by atoms with van der Waals surface area (Å²) in [7, 11) is -0.0340. The minimum absolute atomic E-state index is 0.0340. The molecule has 0 amide bonds. The summed E-state index contributed by atoms with van der Waals surface area (Å²) < 4.78 is 7.10. The molecule has 1 fully saturated rings. The van der Waals surface area contributed by atoms with Gasteiger partial charge in [0.15, 0.2) is 0 Å². The minimum Gasteiger partial charge on any atom is -0.306 e. The van der Waals surface area contributed by atoms with E-state index in [1.807, 2.05) is 0 Å². The molecule has 1 rings (SSSR count). The third-order valence-electron chi connectivity index (χ3n) is 0.802. The van der Waals surface area contributed by atoms with Crippen LogP contribution >= 0.6 is 0 Å². The molecule has 6 heavy (non-hydrogen) atoms. The Balaban J connectivity index is 2.37. The van der Waals surface area contributed by atoms with Crippen molar-refractivity contribution in [3.8, 4) is 0 Å². The van der Waals surface area contributed by atoms with Gasteiger partial charge in [-0.2, -0.15) is 0 Å². The molecule has 2 N–H and O–H groups in total. The molecule has 1 saturated heterocycles. The maximum absolute atomic E-state index is 7.10. The molecule has 1 atom stereocenters. The van der Waals surface area contributed by atoms with Crippen molar-refractivity contribution in [1.29, 1.82) is 4.78 Å². The molecule has 0 aromatic heterocycles. The first-order valence-corrected chi connectivity index (χ1v) is 3.55. The lowest BCUT2D eigenvalue weighted by Crippen LogP contribution is -2.05. The summed E-state index contributed by atoms with van der Waals surface area (Å²) in [6, 6.07) is 0. The van der Waals surface area contributed by atoms with Crippen molar-refractivity contribution in [2.75, 3.05) is 18.2 Å². The quantitative estimate of drug-likeness (QED) is 0.443. The van der Waals surface area contributed by atoms with Crippen LogP contribution in [0, 0.1) is 4.78 Å². The van der Waals surface area contributed by atoms with E-state index >= 15 is 0 Å². The maximum Gasteiger partial charge on any atom is 0.0525 e. The van der Waals surface area contributed by atoms with Gasteiger partial charge in [0.25, 0.3) is 0 Å². The highest BCUT2D eigenvalue weighted by Gasteiger charge is 1.99. The van der Waals surface area contributed by atoms with E-state index in [1.165, 1.54) is 0 Å². The predicted octanol–water partition coefficient (Wildman–Crippen LogP) is -0.0722. The molecule has 0 aliphatic carbocycles. The Morgan fingerprint density at radius 1 is 1.67 bits per heavy atom.